The smallest absolute Gasteiger partial charge is 0.301 e. The molecule has 2 aliphatic heterocycles. The monoisotopic (exact) mass is 652 g/mol. The zero-order valence-corrected chi connectivity index (χ0v) is 26.6. The van der Waals surface area contributed by atoms with Crippen molar-refractivity contribution in [1.82, 2.24) is 4.98 Å². The molecule has 3 heterocycles. The van der Waals surface area contributed by atoms with Gasteiger partial charge in [0.25, 0.3) is 5.78 Å². The number of anilines is 1. The third-order valence-corrected chi connectivity index (χ3v) is 9.23. The summed E-state index contributed by atoms with van der Waals surface area (Å²) in [6.45, 7) is 4.52. The summed E-state index contributed by atoms with van der Waals surface area (Å²) in [6, 6.07) is 24.6. The Morgan fingerprint density at radius 3 is 2.65 bits per heavy atom. The van der Waals surface area contributed by atoms with Gasteiger partial charge in [0.1, 0.15) is 24.2 Å². The number of ketones is 1. The number of aliphatic hydroxyl groups is 1. The molecule has 8 nitrogen and oxygen atoms in total. The van der Waals surface area contributed by atoms with Gasteiger partial charge < -0.3 is 19.3 Å². The number of amides is 1. The first kappa shape index (κ1) is 29.8. The minimum absolute atomic E-state index is 0.00475. The fourth-order valence-corrected chi connectivity index (χ4v) is 7.15. The molecule has 46 heavy (non-hydrogen) atoms. The number of hydrogen-bond donors (Lipinski definition) is 1. The van der Waals surface area contributed by atoms with Crippen LogP contribution in [-0.4, -0.2) is 34.5 Å². The quantitative estimate of drug-likeness (QED) is 0.103. The highest BCUT2D eigenvalue weighted by molar-refractivity contribution is 7.22. The number of carbonyl (C=O) groups is 2. The molecule has 1 N–H and O–H groups in total. The van der Waals surface area contributed by atoms with Crippen molar-refractivity contribution in [2.45, 2.75) is 39.0 Å². The minimum Gasteiger partial charge on any atom is -0.507 e. The van der Waals surface area contributed by atoms with Crippen molar-refractivity contribution >= 4 is 55.7 Å². The molecular formula is C36H29ClN2O6S. The lowest BCUT2D eigenvalue weighted by molar-refractivity contribution is -0.132. The van der Waals surface area contributed by atoms with Crippen LogP contribution in [0.1, 0.15) is 42.1 Å². The van der Waals surface area contributed by atoms with Gasteiger partial charge in [-0.3, -0.25) is 14.5 Å². The summed E-state index contributed by atoms with van der Waals surface area (Å²) in [7, 11) is 0. The molecule has 1 aromatic heterocycles. The van der Waals surface area contributed by atoms with Crippen molar-refractivity contribution in [3.63, 3.8) is 0 Å². The van der Waals surface area contributed by atoms with Crippen molar-refractivity contribution in [2.24, 2.45) is 0 Å². The largest absolute Gasteiger partial charge is 0.507 e. The Labute approximate surface area is 274 Å². The van der Waals surface area contributed by atoms with E-state index in [2.05, 4.69) is 0 Å². The Balaban J connectivity index is 1.36. The molecule has 0 bridgehead atoms. The van der Waals surface area contributed by atoms with E-state index in [1.807, 2.05) is 50.2 Å². The lowest BCUT2D eigenvalue weighted by atomic mass is 9.94. The van der Waals surface area contributed by atoms with E-state index in [1.165, 1.54) is 16.2 Å². The average molecular weight is 653 g/mol. The van der Waals surface area contributed by atoms with E-state index < -0.39 is 17.7 Å². The highest BCUT2D eigenvalue weighted by atomic mass is 35.5. The number of aliphatic hydroxyl groups excluding tert-OH is 1. The summed E-state index contributed by atoms with van der Waals surface area (Å²) in [5.41, 5.74) is 3.47. The van der Waals surface area contributed by atoms with Crippen molar-refractivity contribution in [1.29, 1.82) is 0 Å². The van der Waals surface area contributed by atoms with Crippen LogP contribution < -0.4 is 19.1 Å². The highest BCUT2D eigenvalue weighted by Crippen LogP contribution is 2.46. The van der Waals surface area contributed by atoms with Crippen LogP contribution in [0.4, 0.5) is 5.13 Å². The number of hydrogen-bond acceptors (Lipinski definition) is 8. The van der Waals surface area contributed by atoms with Gasteiger partial charge in [0.05, 0.1) is 28.4 Å². The second-order valence-electron chi connectivity index (χ2n) is 11.1. The van der Waals surface area contributed by atoms with Crippen molar-refractivity contribution in [3.8, 4) is 17.2 Å². The van der Waals surface area contributed by atoms with E-state index in [0.717, 1.165) is 21.6 Å². The summed E-state index contributed by atoms with van der Waals surface area (Å²) in [5.74, 6) is -0.194. The van der Waals surface area contributed by atoms with Crippen molar-refractivity contribution < 1.29 is 28.9 Å². The predicted octanol–water partition coefficient (Wildman–Crippen LogP) is 7.88. The van der Waals surface area contributed by atoms with Gasteiger partial charge in [-0.15, -0.1) is 0 Å². The van der Waals surface area contributed by atoms with Gasteiger partial charge >= 0.3 is 5.91 Å². The molecule has 2 atom stereocenters. The molecule has 4 aromatic carbocycles. The lowest BCUT2D eigenvalue weighted by Gasteiger charge is -2.24. The molecule has 1 amide bonds. The molecule has 232 valence electrons. The molecule has 0 spiro atoms. The molecule has 1 saturated heterocycles. The molecule has 0 saturated carbocycles. The Bertz CT molecular complexity index is 2020. The number of benzene rings is 4. The van der Waals surface area contributed by atoms with E-state index in [0.29, 0.717) is 57.9 Å². The molecule has 2 aliphatic rings. The second-order valence-corrected chi connectivity index (χ2v) is 12.6. The van der Waals surface area contributed by atoms with Crippen LogP contribution in [0.3, 0.4) is 0 Å². The van der Waals surface area contributed by atoms with Crippen LogP contribution in [0.5, 0.6) is 17.2 Å². The Morgan fingerprint density at radius 1 is 1.02 bits per heavy atom. The van der Waals surface area contributed by atoms with E-state index in [1.54, 1.807) is 48.5 Å². The van der Waals surface area contributed by atoms with Gasteiger partial charge in [-0.2, -0.15) is 0 Å². The van der Waals surface area contributed by atoms with Gasteiger partial charge in [0.15, 0.2) is 16.6 Å². The highest BCUT2D eigenvalue weighted by Gasteiger charge is 2.48. The van der Waals surface area contributed by atoms with Gasteiger partial charge in [-0.25, -0.2) is 4.98 Å². The summed E-state index contributed by atoms with van der Waals surface area (Å²) in [4.78, 5) is 33.7. The Hall–Kier alpha value is -4.86. The van der Waals surface area contributed by atoms with Crippen LogP contribution in [-0.2, 0) is 22.6 Å². The Morgan fingerprint density at radius 2 is 1.85 bits per heavy atom. The summed E-state index contributed by atoms with van der Waals surface area (Å²) >= 11 is 7.48. The third kappa shape index (κ3) is 5.46. The summed E-state index contributed by atoms with van der Waals surface area (Å²) in [5, 5.41) is 12.6. The lowest BCUT2D eigenvalue weighted by Crippen LogP contribution is -2.29. The molecule has 7 rings (SSSR count). The molecular weight excluding hydrogens is 624 g/mol. The summed E-state index contributed by atoms with van der Waals surface area (Å²) < 4.78 is 18.7. The SMILES string of the molecule is CCOc1cc([C@H]2C(=C(O)c3ccc4c(c3)C[C@H](C)O4)C(=O)C(=O)N2c2nc3ccc(Cl)cc3s2)ccc1OCc1ccccc1. The van der Waals surface area contributed by atoms with Crippen LogP contribution >= 0.6 is 22.9 Å². The number of halogens is 1. The molecule has 0 unspecified atom stereocenters. The number of nitrogens with zero attached hydrogens (tertiary/aromatic N) is 2. The number of Topliss-reactive ketones (excluding diaryl/α,β-unsaturated/α-hetero) is 1. The maximum atomic E-state index is 13.8. The molecule has 5 aromatic rings. The van der Waals surface area contributed by atoms with Crippen molar-refractivity contribution in [2.75, 3.05) is 11.5 Å². The van der Waals surface area contributed by atoms with E-state index in [4.69, 9.17) is 30.8 Å². The summed E-state index contributed by atoms with van der Waals surface area (Å²) in [6.07, 6.45) is 0.676. The van der Waals surface area contributed by atoms with Gasteiger partial charge in [0.2, 0.25) is 0 Å². The number of ether oxygens (including phenoxy) is 3. The fourth-order valence-electron chi connectivity index (χ4n) is 5.88. The third-order valence-electron chi connectivity index (χ3n) is 7.98. The van der Waals surface area contributed by atoms with Gasteiger partial charge in [-0.1, -0.05) is 59.3 Å². The maximum Gasteiger partial charge on any atom is 0.301 e. The zero-order valence-electron chi connectivity index (χ0n) is 25.0. The normalized spacial score (nSPS) is 18.5. The first-order chi connectivity index (χ1) is 22.3. The number of carbonyl (C=O) groups excluding carboxylic acids is 2. The molecule has 0 radical (unpaired) electrons. The molecule has 10 heteroatoms. The zero-order chi connectivity index (χ0) is 31.9. The number of thiazole rings is 1. The second kappa shape index (κ2) is 12.2. The average Bonchev–Trinajstić information content (AvgIpc) is 3.72. The maximum absolute atomic E-state index is 13.8. The van der Waals surface area contributed by atoms with Gasteiger partial charge in [0, 0.05) is 17.0 Å². The van der Waals surface area contributed by atoms with E-state index in [9.17, 15) is 14.7 Å². The topological polar surface area (TPSA) is 98.2 Å². The first-order valence-corrected chi connectivity index (χ1v) is 16.1. The van der Waals surface area contributed by atoms with Crippen LogP contribution in [0.2, 0.25) is 5.02 Å². The van der Waals surface area contributed by atoms with E-state index in [-0.39, 0.29) is 17.4 Å². The standard InChI is InChI=1S/C36H29ClN2O6S/c1-3-43-29-17-22(9-14-28(29)44-19-21-7-5-4-6-8-21)32-31(33(40)23-10-13-27-24(16-23)15-20(2)45-27)34(41)35(42)39(32)36-38-26-12-11-25(37)18-30(26)46-36/h4-14,16-18,20,32,40H,3,15,19H2,1-2H3/t20-,32-/m0/s1. The molecule has 1 fully saturated rings. The van der Waals surface area contributed by atoms with Crippen LogP contribution in [0.25, 0.3) is 16.0 Å². The first-order valence-electron chi connectivity index (χ1n) is 14.9. The Kier molecular flexibility index (Phi) is 7.88. The predicted molar refractivity (Wildman–Crippen MR) is 178 cm³/mol. The van der Waals surface area contributed by atoms with Crippen LogP contribution in [0.15, 0.2) is 90.5 Å². The number of fused-ring (bicyclic) bond motifs is 2. The van der Waals surface area contributed by atoms with Crippen molar-refractivity contribution in [3.05, 3.63) is 118 Å². The van der Waals surface area contributed by atoms with Gasteiger partial charge in [-0.05, 0) is 79.1 Å². The van der Waals surface area contributed by atoms with E-state index >= 15 is 0 Å². The van der Waals surface area contributed by atoms with Crippen LogP contribution in [0, 0.1) is 0 Å². The number of rotatable bonds is 8. The minimum atomic E-state index is -0.998. The fraction of sp³-hybridized carbons (Fsp3) is 0.194. The molecule has 0 aliphatic carbocycles. The number of aromatic nitrogens is 1.